The van der Waals surface area contributed by atoms with Gasteiger partial charge in [0, 0.05) is 12.0 Å². The van der Waals surface area contributed by atoms with Crippen LogP contribution in [0.3, 0.4) is 0 Å². The number of rotatable bonds is 2. The molecule has 2 atom stereocenters. The van der Waals surface area contributed by atoms with Crippen molar-refractivity contribution in [1.29, 1.82) is 0 Å². The molecule has 0 radical (unpaired) electrons. The lowest BCUT2D eigenvalue weighted by Gasteiger charge is -2.20. The van der Waals surface area contributed by atoms with Gasteiger partial charge in [-0.1, -0.05) is 25.3 Å². The highest BCUT2D eigenvalue weighted by Crippen LogP contribution is 2.28. The third-order valence-corrected chi connectivity index (χ3v) is 4.24. The van der Waals surface area contributed by atoms with Crippen LogP contribution in [0, 0.1) is 11.7 Å². The summed E-state index contributed by atoms with van der Waals surface area (Å²) in [5, 5.41) is 0. The van der Waals surface area contributed by atoms with Gasteiger partial charge in [0.05, 0.1) is 10.0 Å². The fourth-order valence-corrected chi connectivity index (χ4v) is 2.92. The Balaban J connectivity index is 2.26. The van der Waals surface area contributed by atoms with Gasteiger partial charge in [0.2, 0.25) is 0 Å². The highest BCUT2D eigenvalue weighted by molar-refractivity contribution is 9.10. The molecule has 0 bridgehead atoms. The number of carbonyl (C=O) groups is 1. The lowest BCUT2D eigenvalue weighted by molar-refractivity contribution is 0.0890. The van der Waals surface area contributed by atoms with Crippen LogP contribution in [0.1, 0.15) is 42.5 Å². The Labute approximate surface area is 115 Å². The van der Waals surface area contributed by atoms with Crippen LogP contribution in [0.25, 0.3) is 0 Å². The van der Waals surface area contributed by atoms with E-state index in [0.29, 0.717) is 4.47 Å². The number of hydrogen-bond donors (Lipinski definition) is 1. The van der Waals surface area contributed by atoms with Gasteiger partial charge < -0.3 is 5.73 Å². The zero-order chi connectivity index (χ0) is 13.1. The number of nitrogens with two attached hydrogens (primary N) is 1. The number of ketones is 1. The second-order valence-corrected chi connectivity index (χ2v) is 5.73. The monoisotopic (exact) mass is 313 g/mol. The van der Waals surface area contributed by atoms with Crippen molar-refractivity contribution in [2.24, 2.45) is 11.7 Å². The van der Waals surface area contributed by atoms with E-state index >= 15 is 0 Å². The first kappa shape index (κ1) is 13.7. The van der Waals surface area contributed by atoms with E-state index in [1.807, 2.05) is 0 Å². The first-order valence-corrected chi connectivity index (χ1v) is 7.14. The van der Waals surface area contributed by atoms with Gasteiger partial charge >= 0.3 is 0 Å². The molecule has 1 saturated carbocycles. The SMILES string of the molecule is NC1CCCCCC1C(=O)c1cccc(Br)c1F. The van der Waals surface area contributed by atoms with Crippen LogP contribution >= 0.6 is 15.9 Å². The van der Waals surface area contributed by atoms with Crippen LogP contribution in [0.15, 0.2) is 22.7 Å². The van der Waals surface area contributed by atoms with E-state index in [2.05, 4.69) is 15.9 Å². The van der Waals surface area contributed by atoms with E-state index in [0.717, 1.165) is 32.1 Å². The molecule has 1 aromatic carbocycles. The number of carbonyl (C=O) groups excluding carboxylic acids is 1. The predicted molar refractivity (Wildman–Crippen MR) is 73.0 cm³/mol. The molecule has 98 valence electrons. The molecule has 1 fully saturated rings. The normalized spacial score (nSPS) is 24.6. The molecule has 0 spiro atoms. The number of Topliss-reactive ketones (excluding diaryl/α,β-unsaturated/α-hetero) is 1. The minimum atomic E-state index is -0.473. The largest absolute Gasteiger partial charge is 0.327 e. The van der Waals surface area contributed by atoms with Crippen molar-refractivity contribution < 1.29 is 9.18 Å². The molecular formula is C14H17BrFNO. The Kier molecular flexibility index (Phi) is 4.51. The molecule has 0 amide bonds. The summed E-state index contributed by atoms with van der Waals surface area (Å²) in [5.41, 5.74) is 6.21. The maximum absolute atomic E-state index is 13.9. The van der Waals surface area contributed by atoms with Crippen LogP contribution in [-0.4, -0.2) is 11.8 Å². The van der Waals surface area contributed by atoms with Crippen LogP contribution in [0.4, 0.5) is 4.39 Å². The van der Waals surface area contributed by atoms with Crippen molar-refractivity contribution in [3.05, 3.63) is 34.1 Å². The molecular weight excluding hydrogens is 297 g/mol. The first-order chi connectivity index (χ1) is 8.61. The summed E-state index contributed by atoms with van der Waals surface area (Å²) in [6, 6.07) is 4.68. The zero-order valence-electron chi connectivity index (χ0n) is 10.2. The third-order valence-electron chi connectivity index (χ3n) is 3.62. The minimum absolute atomic E-state index is 0.140. The molecule has 0 aromatic heterocycles. The molecule has 2 N–H and O–H groups in total. The molecule has 2 nitrogen and oxygen atoms in total. The van der Waals surface area contributed by atoms with E-state index in [4.69, 9.17) is 5.73 Å². The van der Waals surface area contributed by atoms with Gasteiger partial charge in [-0.05, 0) is 40.9 Å². The maximum atomic E-state index is 13.9. The molecule has 1 aliphatic carbocycles. The number of halogens is 2. The van der Waals surface area contributed by atoms with E-state index in [9.17, 15) is 9.18 Å². The maximum Gasteiger partial charge on any atom is 0.170 e. The topological polar surface area (TPSA) is 43.1 Å². The fraction of sp³-hybridized carbons (Fsp3) is 0.500. The van der Waals surface area contributed by atoms with E-state index in [1.165, 1.54) is 0 Å². The van der Waals surface area contributed by atoms with Gasteiger partial charge in [-0.25, -0.2) is 4.39 Å². The summed E-state index contributed by atoms with van der Waals surface area (Å²) in [7, 11) is 0. The van der Waals surface area contributed by atoms with Gasteiger partial charge in [0.25, 0.3) is 0 Å². The second kappa shape index (κ2) is 5.93. The quantitative estimate of drug-likeness (QED) is 0.668. The second-order valence-electron chi connectivity index (χ2n) is 4.87. The van der Waals surface area contributed by atoms with Crippen molar-refractivity contribution in [1.82, 2.24) is 0 Å². The molecule has 18 heavy (non-hydrogen) atoms. The van der Waals surface area contributed by atoms with Crippen molar-refractivity contribution in [2.75, 3.05) is 0 Å². The summed E-state index contributed by atoms with van der Waals surface area (Å²) in [4.78, 5) is 12.4. The summed E-state index contributed by atoms with van der Waals surface area (Å²) in [5.74, 6) is -0.863. The predicted octanol–water partition coefficient (Wildman–Crippen LogP) is 3.68. The van der Waals surface area contributed by atoms with Crippen LogP contribution in [-0.2, 0) is 0 Å². The highest BCUT2D eigenvalue weighted by Gasteiger charge is 2.29. The highest BCUT2D eigenvalue weighted by atomic mass is 79.9. The number of benzene rings is 1. The molecule has 2 unspecified atom stereocenters. The Bertz CT molecular complexity index is 449. The average molecular weight is 314 g/mol. The van der Waals surface area contributed by atoms with E-state index < -0.39 is 5.82 Å². The van der Waals surface area contributed by atoms with Crippen LogP contribution in [0.2, 0.25) is 0 Å². The first-order valence-electron chi connectivity index (χ1n) is 6.35. The summed E-state index contributed by atoms with van der Waals surface area (Å²) >= 11 is 3.11. The van der Waals surface area contributed by atoms with Gasteiger partial charge in [0.15, 0.2) is 5.78 Å². The van der Waals surface area contributed by atoms with Gasteiger partial charge in [-0.3, -0.25) is 4.79 Å². The van der Waals surface area contributed by atoms with Crippen molar-refractivity contribution in [2.45, 2.75) is 38.1 Å². The molecule has 0 aliphatic heterocycles. The molecule has 0 heterocycles. The average Bonchev–Trinajstić information content (AvgIpc) is 2.57. The zero-order valence-corrected chi connectivity index (χ0v) is 11.7. The van der Waals surface area contributed by atoms with Crippen molar-refractivity contribution >= 4 is 21.7 Å². The lowest BCUT2D eigenvalue weighted by Crippen LogP contribution is -2.35. The van der Waals surface area contributed by atoms with Gasteiger partial charge in [0.1, 0.15) is 5.82 Å². The van der Waals surface area contributed by atoms with E-state index in [-0.39, 0.29) is 23.3 Å². The third kappa shape index (κ3) is 2.81. The van der Waals surface area contributed by atoms with Crippen molar-refractivity contribution in [3.63, 3.8) is 0 Å². The summed E-state index contributed by atoms with van der Waals surface area (Å²) in [6.07, 6.45) is 4.79. The minimum Gasteiger partial charge on any atom is -0.327 e. The Hall–Kier alpha value is -0.740. The van der Waals surface area contributed by atoms with Gasteiger partial charge in [-0.15, -0.1) is 0 Å². The standard InChI is InChI=1S/C14H17BrFNO/c15-11-7-4-6-10(13(11)16)14(18)9-5-2-1-3-8-12(9)17/h4,6-7,9,12H,1-3,5,8,17H2. The van der Waals surface area contributed by atoms with Gasteiger partial charge in [-0.2, -0.15) is 0 Å². The fourth-order valence-electron chi connectivity index (χ4n) is 2.56. The molecule has 4 heteroatoms. The van der Waals surface area contributed by atoms with Crippen molar-refractivity contribution in [3.8, 4) is 0 Å². The Morgan fingerprint density at radius 1 is 1.28 bits per heavy atom. The molecule has 1 aliphatic rings. The smallest absolute Gasteiger partial charge is 0.170 e. The van der Waals surface area contributed by atoms with Crippen LogP contribution in [0.5, 0.6) is 0 Å². The lowest BCUT2D eigenvalue weighted by atomic mass is 9.87. The number of hydrogen-bond acceptors (Lipinski definition) is 2. The summed E-state index contributed by atoms with van der Waals surface area (Å²) < 4.78 is 14.3. The van der Waals surface area contributed by atoms with Crippen LogP contribution < -0.4 is 5.73 Å². The molecule has 1 aromatic rings. The Morgan fingerprint density at radius 3 is 2.78 bits per heavy atom. The molecule has 2 rings (SSSR count). The molecule has 0 saturated heterocycles. The Morgan fingerprint density at radius 2 is 2.00 bits per heavy atom. The summed E-state index contributed by atoms with van der Waals surface area (Å²) in [6.45, 7) is 0. The van der Waals surface area contributed by atoms with E-state index in [1.54, 1.807) is 18.2 Å².